The molecular formula is C16H18O2S. The minimum atomic E-state index is 0.759. The number of carbonyl (C=O) groups is 1. The molecule has 2 rings (SSSR count). The fourth-order valence-electron chi connectivity index (χ4n) is 1.83. The van der Waals surface area contributed by atoms with Crippen molar-refractivity contribution < 1.29 is 9.53 Å². The van der Waals surface area contributed by atoms with Gasteiger partial charge in [0.1, 0.15) is 5.75 Å². The van der Waals surface area contributed by atoms with E-state index in [1.807, 2.05) is 36.4 Å². The highest BCUT2D eigenvalue weighted by Crippen LogP contribution is 2.28. The van der Waals surface area contributed by atoms with Crippen LogP contribution >= 0.6 is 11.3 Å². The first-order valence-electron chi connectivity index (χ1n) is 6.61. The normalized spacial score (nSPS) is 10.4. The zero-order valence-corrected chi connectivity index (χ0v) is 11.9. The Morgan fingerprint density at radius 2 is 1.89 bits per heavy atom. The van der Waals surface area contributed by atoms with Crippen molar-refractivity contribution in [3.63, 3.8) is 0 Å². The number of unbranched alkanes of at least 4 members (excludes halogenated alkanes) is 2. The summed E-state index contributed by atoms with van der Waals surface area (Å²) >= 11 is 1.51. The van der Waals surface area contributed by atoms with Gasteiger partial charge in [0.2, 0.25) is 0 Å². The number of ether oxygens (including phenoxy) is 1. The van der Waals surface area contributed by atoms with Gasteiger partial charge in [-0.25, -0.2) is 0 Å². The molecule has 0 spiro atoms. The maximum Gasteiger partial charge on any atom is 0.160 e. The zero-order valence-electron chi connectivity index (χ0n) is 11.1. The van der Waals surface area contributed by atoms with Gasteiger partial charge < -0.3 is 4.74 Å². The SMILES string of the molecule is CCCCCOc1ccc(-c2ccc(C=O)s2)cc1. The van der Waals surface area contributed by atoms with Crippen LogP contribution in [0.5, 0.6) is 5.75 Å². The summed E-state index contributed by atoms with van der Waals surface area (Å²) in [4.78, 5) is 12.5. The molecule has 19 heavy (non-hydrogen) atoms. The molecule has 0 aliphatic rings. The first kappa shape index (κ1) is 13.8. The van der Waals surface area contributed by atoms with Gasteiger partial charge in [-0.1, -0.05) is 19.8 Å². The molecule has 0 aliphatic carbocycles. The van der Waals surface area contributed by atoms with E-state index >= 15 is 0 Å². The highest BCUT2D eigenvalue weighted by atomic mass is 32.1. The monoisotopic (exact) mass is 274 g/mol. The van der Waals surface area contributed by atoms with Crippen LogP contribution in [-0.4, -0.2) is 12.9 Å². The fourth-order valence-corrected chi connectivity index (χ4v) is 2.66. The average molecular weight is 274 g/mol. The van der Waals surface area contributed by atoms with Crippen LogP contribution in [-0.2, 0) is 0 Å². The first-order chi connectivity index (χ1) is 9.33. The van der Waals surface area contributed by atoms with E-state index in [1.165, 1.54) is 24.2 Å². The number of benzene rings is 1. The van der Waals surface area contributed by atoms with Gasteiger partial charge in [-0.3, -0.25) is 4.79 Å². The van der Waals surface area contributed by atoms with Crippen LogP contribution in [0.15, 0.2) is 36.4 Å². The van der Waals surface area contributed by atoms with Gasteiger partial charge in [-0.2, -0.15) is 0 Å². The first-order valence-corrected chi connectivity index (χ1v) is 7.43. The minimum Gasteiger partial charge on any atom is -0.494 e. The van der Waals surface area contributed by atoms with Crippen LogP contribution in [0.2, 0.25) is 0 Å². The van der Waals surface area contributed by atoms with Gasteiger partial charge in [0.25, 0.3) is 0 Å². The largest absolute Gasteiger partial charge is 0.494 e. The lowest BCUT2D eigenvalue weighted by molar-refractivity contribution is 0.112. The van der Waals surface area contributed by atoms with Gasteiger partial charge in [-0.15, -0.1) is 11.3 Å². The van der Waals surface area contributed by atoms with Crippen LogP contribution in [0.4, 0.5) is 0 Å². The highest BCUT2D eigenvalue weighted by molar-refractivity contribution is 7.17. The van der Waals surface area contributed by atoms with Crippen molar-refractivity contribution in [2.45, 2.75) is 26.2 Å². The summed E-state index contributed by atoms with van der Waals surface area (Å²) in [6.07, 6.45) is 4.41. The number of rotatable bonds is 7. The molecule has 0 amide bonds. The van der Waals surface area contributed by atoms with Crippen LogP contribution in [0.25, 0.3) is 10.4 Å². The third kappa shape index (κ3) is 3.93. The van der Waals surface area contributed by atoms with Crippen LogP contribution in [0, 0.1) is 0 Å². The van der Waals surface area contributed by atoms with Crippen molar-refractivity contribution in [3.05, 3.63) is 41.3 Å². The second-order valence-corrected chi connectivity index (χ2v) is 5.52. The predicted molar refractivity (Wildman–Crippen MR) is 80.2 cm³/mol. The van der Waals surface area contributed by atoms with Crippen molar-refractivity contribution in [1.82, 2.24) is 0 Å². The van der Waals surface area contributed by atoms with E-state index in [4.69, 9.17) is 4.74 Å². The van der Waals surface area contributed by atoms with Crippen LogP contribution < -0.4 is 4.74 Å². The van der Waals surface area contributed by atoms with Gasteiger partial charge >= 0.3 is 0 Å². The Labute approximate surface area is 118 Å². The van der Waals surface area contributed by atoms with Gasteiger partial charge in [-0.05, 0) is 48.4 Å². The molecule has 0 saturated carbocycles. The molecule has 0 fully saturated rings. The van der Waals surface area contributed by atoms with E-state index in [0.29, 0.717) is 0 Å². The lowest BCUT2D eigenvalue weighted by Crippen LogP contribution is -1.96. The van der Waals surface area contributed by atoms with E-state index < -0.39 is 0 Å². The summed E-state index contributed by atoms with van der Waals surface area (Å²) in [6.45, 7) is 2.96. The Hall–Kier alpha value is -1.61. The van der Waals surface area contributed by atoms with E-state index in [1.54, 1.807) is 0 Å². The Morgan fingerprint density at radius 1 is 1.11 bits per heavy atom. The number of hydrogen-bond donors (Lipinski definition) is 0. The van der Waals surface area contributed by atoms with Crippen molar-refractivity contribution in [1.29, 1.82) is 0 Å². The third-order valence-electron chi connectivity index (χ3n) is 2.90. The lowest BCUT2D eigenvalue weighted by atomic mass is 10.2. The van der Waals surface area contributed by atoms with E-state index in [-0.39, 0.29) is 0 Å². The van der Waals surface area contributed by atoms with Crippen LogP contribution in [0.1, 0.15) is 35.9 Å². The summed E-state index contributed by atoms with van der Waals surface area (Å²) < 4.78 is 5.67. The Balaban J connectivity index is 1.96. The number of carbonyl (C=O) groups excluding carboxylic acids is 1. The topological polar surface area (TPSA) is 26.3 Å². The molecular weight excluding hydrogens is 256 g/mol. The predicted octanol–water partition coefficient (Wildman–Crippen LogP) is 4.80. The molecule has 0 bridgehead atoms. The zero-order chi connectivity index (χ0) is 13.5. The molecule has 0 saturated heterocycles. The van der Waals surface area contributed by atoms with Crippen molar-refractivity contribution in [2.24, 2.45) is 0 Å². The molecule has 100 valence electrons. The smallest absolute Gasteiger partial charge is 0.160 e. The molecule has 3 heteroatoms. The molecule has 1 heterocycles. The molecule has 1 aromatic carbocycles. The Bertz CT molecular complexity index is 514. The molecule has 0 radical (unpaired) electrons. The summed E-state index contributed by atoms with van der Waals surface area (Å²) in [5, 5.41) is 0. The summed E-state index contributed by atoms with van der Waals surface area (Å²) in [7, 11) is 0. The highest BCUT2D eigenvalue weighted by Gasteiger charge is 2.02. The second-order valence-electron chi connectivity index (χ2n) is 4.40. The van der Waals surface area contributed by atoms with Crippen molar-refractivity contribution in [3.8, 4) is 16.2 Å². The average Bonchev–Trinajstić information content (AvgIpc) is 2.93. The van der Waals surface area contributed by atoms with Gasteiger partial charge in [0.15, 0.2) is 6.29 Å². The standard InChI is InChI=1S/C16H18O2S/c1-2-3-4-11-18-14-7-5-13(6-8-14)16-10-9-15(12-17)19-16/h5-10,12H,2-4,11H2,1H3. The minimum absolute atomic E-state index is 0.759. The summed E-state index contributed by atoms with van der Waals surface area (Å²) in [5.74, 6) is 0.909. The quantitative estimate of drug-likeness (QED) is 0.535. The lowest BCUT2D eigenvalue weighted by Gasteiger charge is -2.06. The maximum absolute atomic E-state index is 10.7. The number of aldehydes is 1. The molecule has 2 nitrogen and oxygen atoms in total. The summed E-state index contributed by atoms with van der Waals surface area (Å²) in [5.41, 5.74) is 1.12. The Morgan fingerprint density at radius 3 is 2.53 bits per heavy atom. The van der Waals surface area contributed by atoms with E-state index in [9.17, 15) is 4.79 Å². The summed E-state index contributed by atoms with van der Waals surface area (Å²) in [6, 6.07) is 11.9. The van der Waals surface area contributed by atoms with Crippen LogP contribution in [0.3, 0.4) is 0 Å². The van der Waals surface area contributed by atoms with Crippen molar-refractivity contribution in [2.75, 3.05) is 6.61 Å². The van der Waals surface area contributed by atoms with E-state index in [2.05, 4.69) is 6.92 Å². The van der Waals surface area contributed by atoms with Crippen molar-refractivity contribution >= 4 is 17.6 Å². The molecule has 0 N–H and O–H groups in total. The van der Waals surface area contributed by atoms with Gasteiger partial charge in [0.05, 0.1) is 11.5 Å². The second kappa shape index (κ2) is 7.10. The molecule has 0 atom stereocenters. The van der Waals surface area contributed by atoms with Gasteiger partial charge in [0, 0.05) is 4.88 Å². The third-order valence-corrected chi connectivity index (χ3v) is 3.96. The molecule has 2 aromatic rings. The Kier molecular flexibility index (Phi) is 5.16. The van der Waals surface area contributed by atoms with E-state index in [0.717, 1.165) is 40.4 Å². The molecule has 0 aliphatic heterocycles. The fraction of sp³-hybridized carbons (Fsp3) is 0.312. The molecule has 0 unspecified atom stereocenters. The molecule has 1 aromatic heterocycles. The number of thiophene rings is 1. The number of hydrogen-bond acceptors (Lipinski definition) is 3. The maximum atomic E-state index is 10.7.